The van der Waals surface area contributed by atoms with Gasteiger partial charge in [-0.2, -0.15) is 5.10 Å². The van der Waals surface area contributed by atoms with E-state index in [1.54, 1.807) is 50.4 Å². The Morgan fingerprint density at radius 2 is 1.79 bits per heavy atom. The molecule has 0 radical (unpaired) electrons. The molecule has 1 unspecified atom stereocenters. The lowest BCUT2D eigenvalue weighted by molar-refractivity contribution is 0.0711. The lowest BCUT2D eigenvalue weighted by atomic mass is 9.98. The molecule has 0 fully saturated rings. The van der Waals surface area contributed by atoms with E-state index in [-0.39, 0.29) is 17.7 Å². The minimum atomic E-state index is -3.35. The van der Waals surface area contributed by atoms with Crippen LogP contribution < -0.4 is 9.46 Å². The lowest BCUT2D eigenvalue weighted by Crippen LogP contribution is -2.27. The number of carbonyl (C=O) groups is 1. The van der Waals surface area contributed by atoms with E-state index >= 15 is 0 Å². The molecule has 0 bridgehead atoms. The zero-order valence-corrected chi connectivity index (χ0v) is 19.2. The fraction of sp³-hybridized carbons (Fsp3) is 0.200. The van der Waals surface area contributed by atoms with Crippen LogP contribution in [0.5, 0.6) is 5.75 Å². The number of rotatable bonds is 7. The molecule has 0 aliphatic carbocycles. The molecule has 4 rings (SSSR count). The second-order valence-electron chi connectivity index (χ2n) is 7.64. The minimum absolute atomic E-state index is 0.00155. The molecule has 0 aromatic heterocycles. The molecule has 1 amide bonds. The number of nitrogens with one attached hydrogen (secondary N) is 1. The molecular weight excluding hydrogens is 438 g/mol. The first-order chi connectivity index (χ1) is 15.9. The molecule has 1 aliphatic heterocycles. The van der Waals surface area contributed by atoms with Crippen LogP contribution in [0.25, 0.3) is 0 Å². The SMILES string of the molecule is CCS(=O)(=O)Nc1ccc(C2=NN(C(=O)c3cccc(OC)c3)C(c3ccccc3)C2)cc1. The van der Waals surface area contributed by atoms with Gasteiger partial charge in [-0.05, 0) is 48.4 Å². The van der Waals surface area contributed by atoms with Crippen LogP contribution in [0.2, 0.25) is 0 Å². The predicted octanol–water partition coefficient (Wildman–Crippen LogP) is 4.45. The maximum Gasteiger partial charge on any atom is 0.274 e. The van der Waals surface area contributed by atoms with Gasteiger partial charge in [0.05, 0.1) is 24.6 Å². The molecule has 170 valence electrons. The van der Waals surface area contributed by atoms with E-state index in [4.69, 9.17) is 4.74 Å². The van der Waals surface area contributed by atoms with Gasteiger partial charge in [0.1, 0.15) is 5.75 Å². The smallest absolute Gasteiger partial charge is 0.274 e. The first-order valence-corrected chi connectivity index (χ1v) is 12.3. The number of sulfonamides is 1. The quantitative estimate of drug-likeness (QED) is 0.561. The highest BCUT2D eigenvalue weighted by atomic mass is 32.2. The summed E-state index contributed by atoms with van der Waals surface area (Å²) in [5, 5.41) is 6.21. The number of carbonyl (C=O) groups excluding carboxylic acids is 1. The fourth-order valence-electron chi connectivity index (χ4n) is 3.68. The Balaban J connectivity index is 1.66. The molecule has 1 heterocycles. The average molecular weight is 464 g/mol. The molecule has 8 heteroatoms. The summed E-state index contributed by atoms with van der Waals surface area (Å²) >= 11 is 0. The Kier molecular flexibility index (Phi) is 6.46. The Labute approximate surface area is 193 Å². The Morgan fingerprint density at radius 1 is 1.06 bits per heavy atom. The number of nitrogens with zero attached hydrogens (tertiary/aromatic N) is 2. The van der Waals surface area contributed by atoms with Crippen molar-refractivity contribution in [3.05, 3.63) is 95.6 Å². The van der Waals surface area contributed by atoms with E-state index in [9.17, 15) is 13.2 Å². The van der Waals surface area contributed by atoms with Crippen molar-refractivity contribution >= 4 is 27.3 Å². The van der Waals surface area contributed by atoms with Crippen LogP contribution in [-0.2, 0) is 10.0 Å². The standard InChI is InChI=1S/C25H25N3O4S/c1-3-33(30,31)27-21-14-12-18(13-15-21)23-17-24(19-8-5-4-6-9-19)28(26-23)25(29)20-10-7-11-22(16-20)32-2/h4-16,24,27H,3,17H2,1-2H3. The first-order valence-electron chi connectivity index (χ1n) is 10.6. The lowest BCUT2D eigenvalue weighted by Gasteiger charge is -2.22. The Hall–Kier alpha value is -3.65. The zero-order valence-electron chi connectivity index (χ0n) is 18.4. The number of hydrazone groups is 1. The van der Waals surface area contributed by atoms with Gasteiger partial charge in [0.15, 0.2) is 0 Å². The van der Waals surface area contributed by atoms with Gasteiger partial charge in [-0.3, -0.25) is 9.52 Å². The van der Waals surface area contributed by atoms with E-state index in [0.717, 1.165) is 16.8 Å². The van der Waals surface area contributed by atoms with Gasteiger partial charge in [-0.25, -0.2) is 13.4 Å². The molecule has 1 aliphatic rings. The maximum absolute atomic E-state index is 13.4. The minimum Gasteiger partial charge on any atom is -0.497 e. The topological polar surface area (TPSA) is 88.1 Å². The number of anilines is 1. The number of benzene rings is 3. The Bertz CT molecular complexity index is 1270. The van der Waals surface area contributed by atoms with Gasteiger partial charge in [-0.15, -0.1) is 0 Å². The summed E-state index contributed by atoms with van der Waals surface area (Å²) in [6.45, 7) is 1.58. The van der Waals surface area contributed by atoms with E-state index < -0.39 is 10.0 Å². The molecule has 33 heavy (non-hydrogen) atoms. The molecule has 1 atom stereocenters. The van der Waals surface area contributed by atoms with Crippen molar-refractivity contribution in [2.75, 3.05) is 17.6 Å². The maximum atomic E-state index is 13.4. The third kappa shape index (κ3) is 5.06. The van der Waals surface area contributed by atoms with Crippen molar-refractivity contribution in [3.8, 4) is 5.75 Å². The number of ether oxygens (including phenoxy) is 1. The molecule has 3 aromatic rings. The van der Waals surface area contributed by atoms with Gasteiger partial charge in [0, 0.05) is 17.7 Å². The third-order valence-electron chi connectivity index (χ3n) is 5.49. The number of amides is 1. The first kappa shape index (κ1) is 22.5. The number of hydrogen-bond acceptors (Lipinski definition) is 5. The highest BCUT2D eigenvalue weighted by Crippen LogP contribution is 2.34. The third-order valence-corrected chi connectivity index (χ3v) is 6.80. The molecule has 0 saturated carbocycles. The van der Waals surface area contributed by atoms with Crippen LogP contribution in [0.15, 0.2) is 84.0 Å². The van der Waals surface area contributed by atoms with Gasteiger partial charge >= 0.3 is 0 Å². The van der Waals surface area contributed by atoms with Crippen molar-refractivity contribution in [2.24, 2.45) is 5.10 Å². The summed E-state index contributed by atoms with van der Waals surface area (Å²) in [7, 11) is -1.79. The highest BCUT2D eigenvalue weighted by molar-refractivity contribution is 7.92. The zero-order chi connectivity index (χ0) is 23.4. The molecule has 3 aromatic carbocycles. The van der Waals surface area contributed by atoms with Gasteiger partial charge < -0.3 is 4.74 Å². The van der Waals surface area contributed by atoms with E-state index in [1.165, 1.54) is 5.01 Å². The largest absolute Gasteiger partial charge is 0.497 e. The van der Waals surface area contributed by atoms with Gasteiger partial charge in [0.25, 0.3) is 5.91 Å². The summed E-state index contributed by atoms with van der Waals surface area (Å²) in [4.78, 5) is 13.4. The van der Waals surface area contributed by atoms with E-state index in [1.807, 2.05) is 42.5 Å². The molecule has 0 spiro atoms. The average Bonchev–Trinajstić information content (AvgIpc) is 3.30. The van der Waals surface area contributed by atoms with Crippen LogP contribution in [-0.4, -0.2) is 37.9 Å². The van der Waals surface area contributed by atoms with Crippen molar-refractivity contribution in [3.63, 3.8) is 0 Å². The summed E-state index contributed by atoms with van der Waals surface area (Å²) in [5.74, 6) is 0.386. The Morgan fingerprint density at radius 3 is 2.45 bits per heavy atom. The van der Waals surface area contributed by atoms with Crippen molar-refractivity contribution < 1.29 is 17.9 Å². The molecule has 0 saturated heterocycles. The molecular formula is C25H25N3O4S. The molecule has 7 nitrogen and oxygen atoms in total. The second kappa shape index (κ2) is 9.46. The highest BCUT2D eigenvalue weighted by Gasteiger charge is 2.33. The van der Waals surface area contributed by atoms with Crippen LogP contribution in [0.4, 0.5) is 5.69 Å². The van der Waals surface area contributed by atoms with Crippen molar-refractivity contribution in [1.82, 2.24) is 5.01 Å². The number of methoxy groups -OCH3 is 1. The van der Waals surface area contributed by atoms with Crippen LogP contribution in [0.1, 0.15) is 40.9 Å². The van der Waals surface area contributed by atoms with Crippen LogP contribution in [0.3, 0.4) is 0 Å². The van der Waals surface area contributed by atoms with E-state index in [0.29, 0.717) is 23.4 Å². The summed E-state index contributed by atoms with van der Waals surface area (Å²) in [6, 6.07) is 23.6. The molecule has 1 N–H and O–H groups in total. The van der Waals surface area contributed by atoms with Gasteiger partial charge in [0.2, 0.25) is 10.0 Å². The normalized spacial score (nSPS) is 15.8. The van der Waals surface area contributed by atoms with Crippen molar-refractivity contribution in [1.29, 1.82) is 0 Å². The summed E-state index contributed by atoms with van der Waals surface area (Å²) in [6.07, 6.45) is 0.541. The fourth-order valence-corrected chi connectivity index (χ4v) is 4.32. The van der Waals surface area contributed by atoms with Crippen LogP contribution in [0, 0.1) is 0 Å². The second-order valence-corrected chi connectivity index (χ2v) is 9.65. The van der Waals surface area contributed by atoms with E-state index in [2.05, 4.69) is 9.82 Å². The summed E-state index contributed by atoms with van der Waals surface area (Å²) in [5.41, 5.74) is 3.55. The predicted molar refractivity (Wildman–Crippen MR) is 129 cm³/mol. The summed E-state index contributed by atoms with van der Waals surface area (Å²) < 4.78 is 31.4. The van der Waals surface area contributed by atoms with Crippen molar-refractivity contribution in [2.45, 2.75) is 19.4 Å². The van der Waals surface area contributed by atoms with Gasteiger partial charge in [-0.1, -0.05) is 48.5 Å². The van der Waals surface area contributed by atoms with Crippen LogP contribution >= 0.6 is 0 Å². The number of hydrogen-bond donors (Lipinski definition) is 1. The monoisotopic (exact) mass is 463 g/mol.